The van der Waals surface area contributed by atoms with Gasteiger partial charge in [-0.15, -0.1) is 0 Å². The number of carbonyl (C=O) groups is 2. The van der Waals surface area contributed by atoms with Crippen LogP contribution in [0.2, 0.25) is 0 Å². The molecule has 2 aromatic rings. The second-order valence-electron chi connectivity index (χ2n) is 5.60. The van der Waals surface area contributed by atoms with Crippen LogP contribution in [0.1, 0.15) is 22.8 Å². The number of benzene rings is 2. The molecule has 0 aliphatic heterocycles. The number of aryl methyl sites for hydroxylation is 1. The molecule has 6 heteroatoms. The van der Waals surface area contributed by atoms with Crippen molar-refractivity contribution in [2.45, 2.75) is 13.8 Å². The zero-order valence-corrected chi connectivity index (χ0v) is 16.1. The molecule has 0 heterocycles. The van der Waals surface area contributed by atoms with E-state index >= 15 is 0 Å². The van der Waals surface area contributed by atoms with Gasteiger partial charge in [-0.25, -0.2) is 0 Å². The number of nitrogens with one attached hydrogen (secondary N) is 1. The van der Waals surface area contributed by atoms with Crippen molar-refractivity contribution >= 4 is 33.4 Å². The molecule has 0 fully saturated rings. The number of hydrogen-bond donors (Lipinski definition) is 1. The first-order valence-electron chi connectivity index (χ1n) is 7.95. The highest BCUT2D eigenvalue weighted by Gasteiger charge is 2.18. The molecule has 0 radical (unpaired) electrons. The van der Waals surface area contributed by atoms with E-state index in [1.165, 1.54) is 4.90 Å². The van der Waals surface area contributed by atoms with Crippen LogP contribution in [0.3, 0.4) is 0 Å². The summed E-state index contributed by atoms with van der Waals surface area (Å²) in [5, 5.41) is 2.83. The lowest BCUT2D eigenvalue weighted by Crippen LogP contribution is -2.35. The topological polar surface area (TPSA) is 58.6 Å². The van der Waals surface area contributed by atoms with Crippen molar-refractivity contribution in [2.24, 2.45) is 0 Å². The standard InChI is InChI=1S/C19H21BrN2O3/c1-4-25-17-8-6-5-7-15(17)19(24)22(3)12-18(23)21-16-10-9-14(20)11-13(16)2/h5-11H,4,12H2,1-3H3,(H,21,23). The molecule has 0 saturated heterocycles. The van der Waals surface area contributed by atoms with Crippen molar-refractivity contribution in [1.29, 1.82) is 0 Å². The average Bonchev–Trinajstić information content (AvgIpc) is 2.57. The van der Waals surface area contributed by atoms with E-state index in [2.05, 4.69) is 21.2 Å². The predicted molar refractivity (Wildman–Crippen MR) is 102 cm³/mol. The highest BCUT2D eigenvalue weighted by Crippen LogP contribution is 2.21. The summed E-state index contributed by atoms with van der Waals surface area (Å²) in [6.07, 6.45) is 0. The molecule has 1 N–H and O–H groups in total. The van der Waals surface area contributed by atoms with Gasteiger partial charge in [0.15, 0.2) is 0 Å². The summed E-state index contributed by atoms with van der Waals surface area (Å²) in [5.74, 6) is 0.00732. The first-order valence-corrected chi connectivity index (χ1v) is 8.75. The summed E-state index contributed by atoms with van der Waals surface area (Å²) >= 11 is 3.39. The number of anilines is 1. The van der Waals surface area contributed by atoms with Crippen LogP contribution in [0.5, 0.6) is 5.75 Å². The van der Waals surface area contributed by atoms with E-state index in [1.807, 2.05) is 38.1 Å². The maximum atomic E-state index is 12.6. The number of halogens is 1. The SMILES string of the molecule is CCOc1ccccc1C(=O)N(C)CC(=O)Nc1ccc(Br)cc1C. The highest BCUT2D eigenvalue weighted by molar-refractivity contribution is 9.10. The summed E-state index contributed by atoms with van der Waals surface area (Å²) in [7, 11) is 1.60. The van der Waals surface area contributed by atoms with E-state index in [0.29, 0.717) is 17.9 Å². The maximum absolute atomic E-state index is 12.6. The molecule has 0 saturated carbocycles. The summed E-state index contributed by atoms with van der Waals surface area (Å²) in [6, 6.07) is 12.6. The largest absolute Gasteiger partial charge is 0.493 e. The van der Waals surface area contributed by atoms with Crippen molar-refractivity contribution in [3.05, 3.63) is 58.1 Å². The molecule has 0 unspecified atom stereocenters. The fourth-order valence-electron chi connectivity index (χ4n) is 2.37. The van der Waals surface area contributed by atoms with Crippen LogP contribution in [0.25, 0.3) is 0 Å². The van der Waals surface area contributed by atoms with Crippen molar-refractivity contribution < 1.29 is 14.3 Å². The van der Waals surface area contributed by atoms with Gasteiger partial charge in [0.25, 0.3) is 5.91 Å². The Morgan fingerprint density at radius 3 is 2.60 bits per heavy atom. The van der Waals surface area contributed by atoms with Crippen molar-refractivity contribution in [2.75, 3.05) is 25.5 Å². The number of amides is 2. The number of rotatable bonds is 6. The van der Waals surface area contributed by atoms with Crippen molar-refractivity contribution in [3.8, 4) is 5.75 Å². The fraction of sp³-hybridized carbons (Fsp3) is 0.263. The van der Waals surface area contributed by atoms with Crippen LogP contribution in [0.15, 0.2) is 46.9 Å². The second-order valence-corrected chi connectivity index (χ2v) is 6.51. The van der Waals surface area contributed by atoms with Gasteiger partial charge in [-0.05, 0) is 49.7 Å². The van der Waals surface area contributed by atoms with Gasteiger partial charge in [-0.2, -0.15) is 0 Å². The normalized spacial score (nSPS) is 10.2. The molecule has 0 aromatic heterocycles. The number of para-hydroxylation sites is 1. The van der Waals surface area contributed by atoms with Crippen LogP contribution in [0, 0.1) is 6.92 Å². The Balaban J connectivity index is 2.04. The van der Waals surface area contributed by atoms with E-state index in [9.17, 15) is 9.59 Å². The Morgan fingerprint density at radius 1 is 1.20 bits per heavy atom. The summed E-state index contributed by atoms with van der Waals surface area (Å²) in [5.41, 5.74) is 2.11. The molecular formula is C19H21BrN2O3. The maximum Gasteiger partial charge on any atom is 0.257 e. The molecule has 2 aromatic carbocycles. The van der Waals surface area contributed by atoms with E-state index in [0.717, 1.165) is 15.7 Å². The monoisotopic (exact) mass is 404 g/mol. The number of nitrogens with zero attached hydrogens (tertiary/aromatic N) is 1. The van der Waals surface area contributed by atoms with E-state index in [4.69, 9.17) is 4.74 Å². The van der Waals surface area contributed by atoms with Crippen LogP contribution in [0.4, 0.5) is 5.69 Å². The lowest BCUT2D eigenvalue weighted by molar-refractivity contribution is -0.116. The van der Waals surface area contributed by atoms with E-state index < -0.39 is 0 Å². The molecule has 0 aliphatic carbocycles. The summed E-state index contributed by atoms with van der Waals surface area (Å²) in [4.78, 5) is 26.2. The molecule has 25 heavy (non-hydrogen) atoms. The Morgan fingerprint density at radius 2 is 1.92 bits per heavy atom. The van der Waals surface area contributed by atoms with E-state index in [1.54, 1.807) is 25.2 Å². The molecule has 0 aliphatic rings. The molecule has 0 bridgehead atoms. The van der Waals surface area contributed by atoms with Gasteiger partial charge in [0.05, 0.1) is 18.7 Å². The third kappa shape index (κ3) is 5.06. The summed E-state index contributed by atoms with van der Waals surface area (Å²) < 4.78 is 6.43. The number of carbonyl (C=O) groups excluding carboxylic acids is 2. The molecular weight excluding hydrogens is 384 g/mol. The van der Waals surface area contributed by atoms with Gasteiger partial charge in [-0.1, -0.05) is 28.1 Å². The van der Waals surface area contributed by atoms with Gasteiger partial charge < -0.3 is 15.0 Å². The zero-order valence-electron chi connectivity index (χ0n) is 14.5. The molecule has 5 nitrogen and oxygen atoms in total. The minimum Gasteiger partial charge on any atom is -0.493 e. The molecule has 0 spiro atoms. The number of likely N-dealkylation sites (N-methyl/N-ethyl adjacent to an activating group) is 1. The van der Waals surface area contributed by atoms with Crippen LogP contribution < -0.4 is 10.1 Å². The third-order valence-electron chi connectivity index (χ3n) is 3.61. The first kappa shape index (κ1) is 19.0. The predicted octanol–water partition coefficient (Wildman–Crippen LogP) is 3.87. The van der Waals surface area contributed by atoms with Gasteiger partial charge in [0, 0.05) is 17.2 Å². The zero-order chi connectivity index (χ0) is 18.4. The van der Waals surface area contributed by atoms with Crippen LogP contribution in [-0.2, 0) is 4.79 Å². The van der Waals surface area contributed by atoms with Crippen molar-refractivity contribution in [3.63, 3.8) is 0 Å². The number of ether oxygens (including phenoxy) is 1. The smallest absolute Gasteiger partial charge is 0.257 e. The summed E-state index contributed by atoms with van der Waals surface area (Å²) in [6.45, 7) is 4.19. The van der Waals surface area contributed by atoms with Gasteiger partial charge in [0.2, 0.25) is 5.91 Å². The average molecular weight is 405 g/mol. The van der Waals surface area contributed by atoms with Gasteiger partial charge in [0.1, 0.15) is 5.75 Å². The minimum absolute atomic E-state index is 0.0468. The Labute approximate surface area is 156 Å². The van der Waals surface area contributed by atoms with Crippen LogP contribution in [-0.4, -0.2) is 36.9 Å². The minimum atomic E-state index is -0.258. The lowest BCUT2D eigenvalue weighted by Gasteiger charge is -2.19. The number of hydrogen-bond acceptors (Lipinski definition) is 3. The van der Waals surface area contributed by atoms with Crippen LogP contribution >= 0.6 is 15.9 Å². The highest BCUT2D eigenvalue weighted by atomic mass is 79.9. The fourth-order valence-corrected chi connectivity index (χ4v) is 2.85. The molecule has 0 atom stereocenters. The Bertz CT molecular complexity index is 777. The third-order valence-corrected chi connectivity index (χ3v) is 4.10. The Hall–Kier alpha value is -2.34. The van der Waals surface area contributed by atoms with Gasteiger partial charge in [-0.3, -0.25) is 9.59 Å². The second kappa shape index (κ2) is 8.67. The van der Waals surface area contributed by atoms with Gasteiger partial charge >= 0.3 is 0 Å². The molecule has 2 rings (SSSR count). The molecule has 2 amide bonds. The van der Waals surface area contributed by atoms with E-state index in [-0.39, 0.29) is 18.4 Å². The van der Waals surface area contributed by atoms with Crippen molar-refractivity contribution in [1.82, 2.24) is 4.90 Å². The quantitative estimate of drug-likeness (QED) is 0.794. The first-order chi connectivity index (χ1) is 11.9. The molecule has 132 valence electrons. The Kier molecular flexibility index (Phi) is 6.58. The lowest BCUT2D eigenvalue weighted by atomic mass is 10.1.